The van der Waals surface area contributed by atoms with E-state index in [4.69, 9.17) is 39.5 Å². The molecular weight excluding hydrogens is 385 g/mol. The predicted molar refractivity (Wildman–Crippen MR) is 97.7 cm³/mol. The zero-order valence-electron chi connectivity index (χ0n) is 13.3. The Bertz CT molecular complexity index is 850. The minimum Gasteiger partial charge on any atom is -0.465 e. The third-order valence-electron chi connectivity index (χ3n) is 4.17. The number of fused-ring (bicyclic) bond motifs is 1. The van der Waals surface area contributed by atoms with E-state index in [9.17, 15) is 9.59 Å². The second-order valence-electron chi connectivity index (χ2n) is 5.66. The van der Waals surface area contributed by atoms with Crippen LogP contribution in [0.1, 0.15) is 31.8 Å². The Hall–Kier alpha value is -1.75. The van der Waals surface area contributed by atoms with Gasteiger partial charge in [0, 0.05) is 23.7 Å². The molecule has 4 nitrogen and oxygen atoms in total. The van der Waals surface area contributed by atoms with E-state index in [0.29, 0.717) is 35.1 Å². The maximum Gasteiger partial charge on any atom is 0.340 e. The number of benzene rings is 2. The van der Waals surface area contributed by atoms with Gasteiger partial charge in [-0.1, -0.05) is 34.8 Å². The number of hydrogen-bond donors (Lipinski definition) is 0. The third kappa shape index (κ3) is 3.47. The van der Waals surface area contributed by atoms with E-state index < -0.39 is 5.97 Å². The molecule has 1 aliphatic heterocycles. The summed E-state index contributed by atoms with van der Waals surface area (Å²) < 4.78 is 4.73. The van der Waals surface area contributed by atoms with Gasteiger partial charge >= 0.3 is 5.97 Å². The zero-order valence-corrected chi connectivity index (χ0v) is 15.6. The first-order valence-electron chi connectivity index (χ1n) is 7.55. The molecule has 0 saturated heterocycles. The van der Waals surface area contributed by atoms with Gasteiger partial charge in [0.15, 0.2) is 0 Å². The second-order valence-corrected chi connectivity index (χ2v) is 6.88. The van der Waals surface area contributed by atoms with Gasteiger partial charge in [0.05, 0.1) is 22.7 Å². The van der Waals surface area contributed by atoms with E-state index in [2.05, 4.69) is 0 Å². The van der Waals surface area contributed by atoms with Crippen LogP contribution >= 0.6 is 34.8 Å². The van der Waals surface area contributed by atoms with Crippen molar-refractivity contribution in [1.29, 1.82) is 0 Å². The highest BCUT2D eigenvalue weighted by Crippen LogP contribution is 2.35. The molecule has 3 rings (SSSR count). The first kappa shape index (κ1) is 18.1. The number of amides is 1. The number of halogens is 3. The fraction of sp³-hybridized carbons (Fsp3) is 0.222. The topological polar surface area (TPSA) is 46.6 Å². The van der Waals surface area contributed by atoms with Crippen LogP contribution in [0.5, 0.6) is 0 Å². The molecule has 0 radical (unpaired) electrons. The Morgan fingerprint density at radius 2 is 1.80 bits per heavy atom. The van der Waals surface area contributed by atoms with Gasteiger partial charge in [0.25, 0.3) is 5.91 Å². The summed E-state index contributed by atoms with van der Waals surface area (Å²) in [6, 6.07) is 8.43. The molecule has 0 spiro atoms. The molecule has 1 heterocycles. The minimum absolute atomic E-state index is 0.0911. The molecule has 0 atom stereocenters. The molecule has 25 heavy (non-hydrogen) atoms. The largest absolute Gasteiger partial charge is 0.465 e. The van der Waals surface area contributed by atoms with Gasteiger partial charge in [-0.2, -0.15) is 0 Å². The lowest BCUT2D eigenvalue weighted by Crippen LogP contribution is -2.36. The zero-order chi connectivity index (χ0) is 18.1. The highest BCUT2D eigenvalue weighted by molar-refractivity contribution is 6.40. The number of hydrogen-bond acceptors (Lipinski definition) is 3. The summed E-state index contributed by atoms with van der Waals surface area (Å²) in [7, 11) is 1.28. The average Bonchev–Trinajstić information content (AvgIpc) is 2.61. The predicted octanol–water partition coefficient (Wildman–Crippen LogP) is 4.63. The van der Waals surface area contributed by atoms with E-state index in [1.54, 1.807) is 35.2 Å². The minimum atomic E-state index is -0.572. The van der Waals surface area contributed by atoms with Crippen LogP contribution in [0.2, 0.25) is 15.1 Å². The molecule has 0 aliphatic carbocycles. The molecule has 0 saturated carbocycles. The fourth-order valence-corrected chi connectivity index (χ4v) is 3.76. The van der Waals surface area contributed by atoms with Gasteiger partial charge < -0.3 is 9.64 Å². The monoisotopic (exact) mass is 397 g/mol. The molecule has 0 N–H and O–H groups in total. The Kier molecular flexibility index (Phi) is 5.23. The van der Waals surface area contributed by atoms with Crippen molar-refractivity contribution in [1.82, 2.24) is 4.90 Å². The van der Waals surface area contributed by atoms with E-state index in [0.717, 1.165) is 11.1 Å². The van der Waals surface area contributed by atoms with Gasteiger partial charge in [-0.15, -0.1) is 0 Å². The number of esters is 1. The van der Waals surface area contributed by atoms with Crippen LogP contribution < -0.4 is 0 Å². The van der Waals surface area contributed by atoms with Crippen LogP contribution in [0.15, 0.2) is 30.3 Å². The molecule has 2 aromatic carbocycles. The Morgan fingerprint density at radius 3 is 2.44 bits per heavy atom. The molecule has 0 unspecified atom stereocenters. The Balaban J connectivity index is 1.90. The summed E-state index contributed by atoms with van der Waals surface area (Å²) in [6.45, 7) is 0.869. The van der Waals surface area contributed by atoms with Crippen molar-refractivity contribution in [3.63, 3.8) is 0 Å². The van der Waals surface area contributed by atoms with E-state index in [1.165, 1.54) is 7.11 Å². The van der Waals surface area contributed by atoms with E-state index in [-0.39, 0.29) is 16.5 Å². The van der Waals surface area contributed by atoms with Crippen LogP contribution in [-0.4, -0.2) is 30.4 Å². The molecule has 1 amide bonds. The standard InChI is InChI=1S/C18H14Cl3NO3/c1-25-18(24)15-14(20)8-11-9-22(7-6-13(11)16(15)21)17(23)10-2-4-12(19)5-3-10/h2-5,8H,6-7,9H2,1H3. The highest BCUT2D eigenvalue weighted by Gasteiger charge is 2.27. The molecule has 0 bridgehead atoms. The molecule has 7 heteroatoms. The Labute approximate surface area is 160 Å². The lowest BCUT2D eigenvalue weighted by atomic mass is 9.96. The summed E-state index contributed by atoms with van der Waals surface area (Å²) in [5, 5.41) is 1.10. The van der Waals surface area contributed by atoms with Crippen LogP contribution in [0.3, 0.4) is 0 Å². The van der Waals surface area contributed by atoms with Crippen molar-refractivity contribution in [2.75, 3.05) is 13.7 Å². The number of rotatable bonds is 2. The van der Waals surface area contributed by atoms with Crippen molar-refractivity contribution in [3.05, 3.63) is 67.7 Å². The summed E-state index contributed by atoms with van der Waals surface area (Å²) >= 11 is 18.4. The van der Waals surface area contributed by atoms with Crippen molar-refractivity contribution in [3.8, 4) is 0 Å². The molecule has 0 fully saturated rings. The second kappa shape index (κ2) is 7.24. The fourth-order valence-electron chi connectivity index (χ4n) is 2.89. The Morgan fingerprint density at radius 1 is 1.12 bits per heavy atom. The van der Waals surface area contributed by atoms with Crippen LogP contribution in [-0.2, 0) is 17.7 Å². The van der Waals surface area contributed by atoms with Crippen molar-refractivity contribution in [2.45, 2.75) is 13.0 Å². The number of methoxy groups -OCH3 is 1. The van der Waals surface area contributed by atoms with Crippen LogP contribution in [0, 0.1) is 0 Å². The van der Waals surface area contributed by atoms with Crippen molar-refractivity contribution < 1.29 is 14.3 Å². The average molecular weight is 399 g/mol. The first-order valence-corrected chi connectivity index (χ1v) is 8.68. The molecular formula is C18H14Cl3NO3. The van der Waals surface area contributed by atoms with Gasteiger partial charge in [-0.3, -0.25) is 4.79 Å². The number of nitrogens with zero attached hydrogens (tertiary/aromatic N) is 1. The smallest absolute Gasteiger partial charge is 0.340 e. The molecule has 0 aromatic heterocycles. The lowest BCUT2D eigenvalue weighted by Gasteiger charge is -2.30. The van der Waals surface area contributed by atoms with Gasteiger partial charge in [0.1, 0.15) is 0 Å². The maximum atomic E-state index is 12.7. The maximum absolute atomic E-state index is 12.7. The number of carbonyl (C=O) groups excluding carboxylic acids is 2. The van der Waals surface area contributed by atoms with Gasteiger partial charge in [-0.05, 0) is 47.9 Å². The van der Waals surface area contributed by atoms with Crippen LogP contribution in [0.25, 0.3) is 0 Å². The summed E-state index contributed by atoms with van der Waals surface area (Å²) in [4.78, 5) is 26.2. The number of carbonyl (C=O) groups is 2. The molecule has 2 aromatic rings. The molecule has 130 valence electrons. The van der Waals surface area contributed by atoms with E-state index >= 15 is 0 Å². The quantitative estimate of drug-likeness (QED) is 0.693. The first-order chi connectivity index (χ1) is 11.9. The summed E-state index contributed by atoms with van der Waals surface area (Å²) in [5.74, 6) is -0.663. The van der Waals surface area contributed by atoms with Gasteiger partial charge in [-0.25, -0.2) is 4.79 Å². The lowest BCUT2D eigenvalue weighted by molar-refractivity contribution is 0.0599. The van der Waals surface area contributed by atoms with Crippen molar-refractivity contribution >= 4 is 46.7 Å². The van der Waals surface area contributed by atoms with E-state index in [1.807, 2.05) is 0 Å². The molecule has 1 aliphatic rings. The number of ether oxygens (including phenoxy) is 1. The normalized spacial score (nSPS) is 13.4. The SMILES string of the molecule is COC(=O)c1c(Cl)cc2c(c1Cl)CCN(C(=O)c1ccc(Cl)cc1)C2. The highest BCUT2D eigenvalue weighted by atomic mass is 35.5. The summed E-state index contributed by atoms with van der Waals surface area (Å²) in [6.07, 6.45) is 0.536. The third-order valence-corrected chi connectivity index (χ3v) is 5.14. The van der Waals surface area contributed by atoms with Gasteiger partial charge in [0.2, 0.25) is 0 Å². The van der Waals surface area contributed by atoms with Crippen LogP contribution in [0.4, 0.5) is 0 Å². The summed E-state index contributed by atoms with van der Waals surface area (Å²) in [5.41, 5.74) is 2.39. The van der Waals surface area contributed by atoms with Crippen molar-refractivity contribution in [2.24, 2.45) is 0 Å².